The molecular formula is C21H23F2N5O4. The van der Waals surface area contributed by atoms with E-state index in [-0.39, 0.29) is 22.7 Å². The Morgan fingerprint density at radius 1 is 1.38 bits per heavy atom. The molecule has 0 saturated heterocycles. The quantitative estimate of drug-likeness (QED) is 0.457. The van der Waals surface area contributed by atoms with Gasteiger partial charge in [-0.1, -0.05) is 0 Å². The van der Waals surface area contributed by atoms with Crippen molar-refractivity contribution in [3.8, 4) is 22.8 Å². The van der Waals surface area contributed by atoms with Gasteiger partial charge in [0.05, 0.1) is 23.9 Å². The van der Waals surface area contributed by atoms with Gasteiger partial charge in [-0.15, -0.1) is 5.10 Å². The molecule has 0 amide bonds. The second-order valence-corrected chi connectivity index (χ2v) is 6.89. The summed E-state index contributed by atoms with van der Waals surface area (Å²) in [4.78, 5) is 15.6. The fourth-order valence-corrected chi connectivity index (χ4v) is 3.35. The van der Waals surface area contributed by atoms with Crippen molar-refractivity contribution < 1.29 is 28.2 Å². The number of alkyl halides is 1. The smallest absolute Gasteiger partial charge is 0.336 e. The summed E-state index contributed by atoms with van der Waals surface area (Å²) in [5, 5.41) is 16.8. The lowest BCUT2D eigenvalue weighted by molar-refractivity contribution is 0.0689. The molecule has 3 aromatic rings. The first-order chi connectivity index (χ1) is 15.3. The summed E-state index contributed by atoms with van der Waals surface area (Å²) in [7, 11) is 5.02. The molecular weight excluding hydrogens is 424 g/mol. The van der Waals surface area contributed by atoms with Gasteiger partial charge in [-0.05, 0) is 31.3 Å². The molecule has 1 unspecified atom stereocenters. The number of nitrogens with one attached hydrogen (secondary N) is 1. The molecule has 0 radical (unpaired) electrons. The Hall–Kier alpha value is -3.73. The number of nitrogens with zero attached hydrogens (tertiary/aromatic N) is 3. The Bertz CT molecular complexity index is 1140. The number of carbonyl (C=O) groups is 1. The number of rotatable bonds is 9. The normalized spacial score (nSPS) is 11.9. The van der Waals surface area contributed by atoms with Crippen molar-refractivity contribution in [2.75, 3.05) is 26.6 Å². The number of ether oxygens (including phenoxy) is 2. The lowest BCUT2D eigenvalue weighted by atomic mass is 10.0. The molecule has 1 aromatic carbocycles. The van der Waals surface area contributed by atoms with Crippen LogP contribution in [-0.4, -0.2) is 46.7 Å². The molecule has 0 saturated carbocycles. The number of nitrogen functional groups attached to an aromatic ring is 1. The van der Waals surface area contributed by atoms with Crippen molar-refractivity contribution in [3.63, 3.8) is 0 Å². The highest BCUT2D eigenvalue weighted by molar-refractivity contribution is 5.89. The molecule has 0 fully saturated rings. The molecule has 2 heterocycles. The predicted molar refractivity (Wildman–Crippen MR) is 113 cm³/mol. The van der Waals surface area contributed by atoms with Crippen LogP contribution in [0.15, 0.2) is 30.5 Å². The number of aromatic nitrogens is 3. The number of carboxylic acid groups (broad SMARTS) is 1. The van der Waals surface area contributed by atoms with E-state index >= 15 is 0 Å². The van der Waals surface area contributed by atoms with E-state index in [1.807, 2.05) is 0 Å². The number of hydrogen-bond donors (Lipinski definition) is 3. The van der Waals surface area contributed by atoms with Crippen LogP contribution in [-0.2, 0) is 13.6 Å². The SMILES string of the molecule is CNCc1c(-c2cnc(N)c(OC(CF)c3cc(F)ccc3C(=O)O)c2)c(OC)nn1C. The summed E-state index contributed by atoms with van der Waals surface area (Å²) in [5.41, 5.74) is 7.48. The lowest BCUT2D eigenvalue weighted by Crippen LogP contribution is -2.16. The van der Waals surface area contributed by atoms with E-state index in [0.29, 0.717) is 23.6 Å². The standard InChI is InChI=1S/C21H23F2N5O4/c1-25-10-15-18(20(31-3)27-28(15)2)11-6-16(19(24)26-9-11)32-17(8-22)14-7-12(23)4-5-13(14)21(29)30/h4-7,9,17,25H,8,10H2,1-3H3,(H2,24,26)(H,29,30). The third kappa shape index (κ3) is 4.47. The van der Waals surface area contributed by atoms with Crippen LogP contribution in [0, 0.1) is 5.82 Å². The van der Waals surface area contributed by atoms with E-state index in [0.717, 1.165) is 23.9 Å². The largest absolute Gasteiger partial charge is 0.479 e. The van der Waals surface area contributed by atoms with E-state index in [1.54, 1.807) is 18.8 Å². The van der Waals surface area contributed by atoms with Crippen LogP contribution in [0.5, 0.6) is 11.6 Å². The van der Waals surface area contributed by atoms with Crippen LogP contribution in [0.25, 0.3) is 11.1 Å². The molecule has 2 aromatic heterocycles. The van der Waals surface area contributed by atoms with Crippen LogP contribution in [0.3, 0.4) is 0 Å². The van der Waals surface area contributed by atoms with E-state index < -0.39 is 24.6 Å². The third-order valence-electron chi connectivity index (χ3n) is 4.84. The highest BCUT2D eigenvalue weighted by Gasteiger charge is 2.24. The van der Waals surface area contributed by atoms with E-state index in [9.17, 15) is 18.7 Å². The number of anilines is 1. The maximum absolute atomic E-state index is 13.9. The van der Waals surface area contributed by atoms with Gasteiger partial charge in [0.25, 0.3) is 0 Å². The number of hydrogen-bond acceptors (Lipinski definition) is 7. The van der Waals surface area contributed by atoms with E-state index in [4.69, 9.17) is 15.2 Å². The maximum atomic E-state index is 13.9. The summed E-state index contributed by atoms with van der Waals surface area (Å²) < 4.78 is 40.4. The van der Waals surface area contributed by atoms with Crippen molar-refractivity contribution >= 4 is 11.8 Å². The number of benzene rings is 1. The second kappa shape index (κ2) is 9.60. The Morgan fingerprint density at radius 2 is 2.12 bits per heavy atom. The van der Waals surface area contributed by atoms with Gasteiger partial charge in [-0.3, -0.25) is 4.68 Å². The number of aryl methyl sites for hydroxylation is 1. The molecule has 9 nitrogen and oxygen atoms in total. The zero-order valence-electron chi connectivity index (χ0n) is 17.7. The number of methoxy groups -OCH3 is 1. The Labute approximate surface area is 182 Å². The number of aromatic carboxylic acids is 1. The third-order valence-corrected chi connectivity index (χ3v) is 4.84. The second-order valence-electron chi connectivity index (χ2n) is 6.89. The Kier molecular flexibility index (Phi) is 6.89. The molecule has 0 aliphatic heterocycles. The number of halogens is 2. The fourth-order valence-electron chi connectivity index (χ4n) is 3.35. The molecule has 0 bridgehead atoms. The van der Waals surface area contributed by atoms with Crippen LogP contribution in [0.4, 0.5) is 14.6 Å². The number of pyridine rings is 1. The molecule has 3 rings (SSSR count). The summed E-state index contributed by atoms with van der Waals surface area (Å²) in [5.74, 6) is -1.75. The zero-order chi connectivity index (χ0) is 23.4. The van der Waals surface area contributed by atoms with Gasteiger partial charge in [0.2, 0.25) is 5.88 Å². The summed E-state index contributed by atoms with van der Waals surface area (Å²) >= 11 is 0. The van der Waals surface area contributed by atoms with Crippen LogP contribution >= 0.6 is 0 Å². The number of carboxylic acids is 1. The van der Waals surface area contributed by atoms with Gasteiger partial charge in [0.15, 0.2) is 17.7 Å². The minimum Gasteiger partial charge on any atom is -0.479 e. The minimum absolute atomic E-state index is 0.00654. The van der Waals surface area contributed by atoms with Gasteiger partial charge in [0.1, 0.15) is 12.5 Å². The van der Waals surface area contributed by atoms with Gasteiger partial charge in [0, 0.05) is 30.9 Å². The molecule has 4 N–H and O–H groups in total. The molecule has 1 atom stereocenters. The highest BCUT2D eigenvalue weighted by Crippen LogP contribution is 2.37. The van der Waals surface area contributed by atoms with Crippen molar-refractivity contribution in [1.82, 2.24) is 20.1 Å². The average Bonchev–Trinajstić information content (AvgIpc) is 3.08. The van der Waals surface area contributed by atoms with Crippen LogP contribution < -0.4 is 20.5 Å². The van der Waals surface area contributed by atoms with Gasteiger partial charge >= 0.3 is 5.97 Å². The average molecular weight is 447 g/mol. The Balaban J connectivity index is 2.06. The molecule has 170 valence electrons. The highest BCUT2D eigenvalue weighted by atomic mass is 19.1. The van der Waals surface area contributed by atoms with Crippen molar-refractivity contribution in [3.05, 3.63) is 53.1 Å². The molecule has 0 aliphatic rings. The first-order valence-electron chi connectivity index (χ1n) is 9.56. The van der Waals surface area contributed by atoms with Gasteiger partial charge in [-0.2, -0.15) is 0 Å². The summed E-state index contributed by atoms with van der Waals surface area (Å²) in [6, 6.07) is 4.50. The van der Waals surface area contributed by atoms with Crippen molar-refractivity contribution in [2.24, 2.45) is 7.05 Å². The van der Waals surface area contributed by atoms with Crippen molar-refractivity contribution in [2.45, 2.75) is 12.6 Å². The molecule has 11 heteroatoms. The molecule has 32 heavy (non-hydrogen) atoms. The van der Waals surface area contributed by atoms with E-state index in [1.165, 1.54) is 19.4 Å². The molecule has 0 aliphatic carbocycles. The predicted octanol–water partition coefficient (Wildman–Crippen LogP) is 2.72. The van der Waals surface area contributed by atoms with E-state index in [2.05, 4.69) is 15.4 Å². The molecule has 0 spiro atoms. The monoisotopic (exact) mass is 447 g/mol. The summed E-state index contributed by atoms with van der Waals surface area (Å²) in [6.07, 6.45) is 0.0830. The minimum atomic E-state index is -1.41. The topological polar surface area (TPSA) is 125 Å². The fraction of sp³-hybridized carbons (Fsp3) is 0.286. The Morgan fingerprint density at radius 3 is 2.75 bits per heavy atom. The summed E-state index contributed by atoms with van der Waals surface area (Å²) in [6.45, 7) is -0.643. The zero-order valence-corrected chi connectivity index (χ0v) is 17.7. The van der Waals surface area contributed by atoms with Gasteiger partial charge < -0.3 is 25.6 Å². The van der Waals surface area contributed by atoms with Crippen LogP contribution in [0.1, 0.15) is 27.7 Å². The number of nitrogens with two attached hydrogens (primary N) is 1. The maximum Gasteiger partial charge on any atom is 0.336 e. The van der Waals surface area contributed by atoms with Gasteiger partial charge in [-0.25, -0.2) is 18.6 Å². The lowest BCUT2D eigenvalue weighted by Gasteiger charge is -2.20. The first kappa shape index (κ1) is 22.9. The first-order valence-corrected chi connectivity index (χ1v) is 9.56. The van der Waals surface area contributed by atoms with Crippen molar-refractivity contribution in [1.29, 1.82) is 0 Å². The van der Waals surface area contributed by atoms with Crippen LogP contribution in [0.2, 0.25) is 0 Å².